The Balaban J connectivity index is 1.49. The number of carbonyl (C=O) groups excluding carboxylic acids is 1. The molecule has 7 nitrogen and oxygen atoms in total. The summed E-state index contributed by atoms with van der Waals surface area (Å²) in [7, 11) is 0. The average Bonchev–Trinajstić information content (AvgIpc) is 3.00. The average molecular weight is 519 g/mol. The predicted molar refractivity (Wildman–Crippen MR) is 156 cm³/mol. The fourth-order valence-corrected chi connectivity index (χ4v) is 4.53. The van der Waals surface area contributed by atoms with Crippen molar-refractivity contribution in [3.63, 3.8) is 0 Å². The fourth-order valence-electron chi connectivity index (χ4n) is 4.53. The predicted octanol–water partition coefficient (Wildman–Crippen LogP) is 6.79. The maximum absolute atomic E-state index is 13.7. The lowest BCUT2D eigenvalue weighted by Crippen LogP contribution is -2.46. The zero-order valence-corrected chi connectivity index (χ0v) is 22.3. The summed E-state index contributed by atoms with van der Waals surface area (Å²) in [6.45, 7) is 3.33. The molecule has 2 aromatic heterocycles. The van der Waals surface area contributed by atoms with Gasteiger partial charge in [-0.15, -0.1) is 0 Å². The maximum Gasteiger partial charge on any atom is 0.322 e. The molecule has 1 unspecified atom stereocenters. The second kappa shape index (κ2) is 14.3. The first-order chi connectivity index (χ1) is 19.2. The van der Waals surface area contributed by atoms with Crippen LogP contribution < -0.4 is 15.5 Å². The molecule has 0 spiro atoms. The van der Waals surface area contributed by atoms with Crippen molar-refractivity contribution in [1.29, 1.82) is 5.26 Å². The van der Waals surface area contributed by atoms with E-state index in [4.69, 9.17) is 5.26 Å². The van der Waals surface area contributed by atoms with E-state index in [1.54, 1.807) is 18.5 Å². The Labute approximate surface area is 230 Å². The number of rotatable bonds is 12. The lowest BCUT2D eigenvalue weighted by Gasteiger charge is -2.32. The molecule has 2 aromatic carbocycles. The number of pyridine rings is 2. The fraction of sp³-hybridized carbons (Fsp3) is 0.250. The number of hydrogen-bond acceptors (Lipinski definition) is 5. The molecule has 7 heteroatoms. The van der Waals surface area contributed by atoms with Crippen LogP contribution in [-0.4, -0.2) is 28.6 Å². The zero-order chi connectivity index (χ0) is 27.3. The minimum absolute atomic E-state index is 0.0298. The molecule has 0 aliphatic carbocycles. The molecule has 0 saturated carbocycles. The Morgan fingerprint density at radius 1 is 0.949 bits per heavy atom. The van der Waals surface area contributed by atoms with Gasteiger partial charge in [0.05, 0.1) is 11.3 Å². The van der Waals surface area contributed by atoms with Crippen LogP contribution in [-0.2, 0) is 6.54 Å². The lowest BCUT2D eigenvalue weighted by atomic mass is 10.0. The third-order valence-corrected chi connectivity index (χ3v) is 6.51. The van der Waals surface area contributed by atoms with E-state index in [1.807, 2.05) is 83.8 Å². The molecule has 0 bridgehead atoms. The lowest BCUT2D eigenvalue weighted by molar-refractivity contribution is 0.242. The normalized spacial score (nSPS) is 11.3. The number of hydrogen-bond donors (Lipinski definition) is 2. The smallest absolute Gasteiger partial charge is 0.322 e. The van der Waals surface area contributed by atoms with E-state index in [1.165, 1.54) is 0 Å². The highest BCUT2D eigenvalue weighted by atomic mass is 16.2. The largest absolute Gasteiger partial charge is 0.370 e. The van der Waals surface area contributed by atoms with E-state index in [-0.39, 0.29) is 12.1 Å². The standard InChI is InChI=1S/C32H34N6O/c1-2-9-28(12-8-21-35-31-19-14-26(22-33)24-36-31)38(32(39)37-23-25-10-4-3-5-11-25)29-17-15-27(16-18-29)30-13-6-7-20-34-30/h3-7,10-11,13-20,24,28H,2,8-9,12,21,23H2,1H3,(H,35,36)(H,37,39). The van der Waals surface area contributed by atoms with Crippen molar-refractivity contribution in [2.75, 3.05) is 16.8 Å². The van der Waals surface area contributed by atoms with E-state index in [0.717, 1.165) is 60.6 Å². The van der Waals surface area contributed by atoms with Gasteiger partial charge in [0, 0.05) is 42.8 Å². The third-order valence-electron chi connectivity index (χ3n) is 6.51. The molecule has 39 heavy (non-hydrogen) atoms. The van der Waals surface area contributed by atoms with Crippen LogP contribution in [0.1, 0.15) is 43.7 Å². The van der Waals surface area contributed by atoms with Crippen LogP contribution in [0.2, 0.25) is 0 Å². The van der Waals surface area contributed by atoms with Crippen molar-refractivity contribution >= 4 is 17.5 Å². The van der Waals surface area contributed by atoms with Crippen molar-refractivity contribution in [2.24, 2.45) is 0 Å². The van der Waals surface area contributed by atoms with Crippen molar-refractivity contribution in [1.82, 2.24) is 15.3 Å². The highest BCUT2D eigenvalue weighted by molar-refractivity contribution is 5.92. The van der Waals surface area contributed by atoms with Crippen molar-refractivity contribution in [3.8, 4) is 17.3 Å². The molecule has 4 rings (SSSR count). The molecule has 1 atom stereocenters. The summed E-state index contributed by atoms with van der Waals surface area (Å²) < 4.78 is 0. The molecule has 2 N–H and O–H groups in total. The summed E-state index contributed by atoms with van der Waals surface area (Å²) in [5.41, 5.74) is 4.37. The molecule has 0 aliphatic rings. The van der Waals surface area contributed by atoms with Crippen LogP contribution >= 0.6 is 0 Å². The number of nitriles is 1. The molecule has 0 aliphatic heterocycles. The van der Waals surface area contributed by atoms with Crippen molar-refractivity contribution in [2.45, 2.75) is 45.2 Å². The second-order valence-electron chi connectivity index (χ2n) is 9.33. The molecular weight excluding hydrogens is 484 g/mol. The monoisotopic (exact) mass is 518 g/mol. The number of anilines is 2. The Morgan fingerprint density at radius 2 is 1.74 bits per heavy atom. The summed E-state index contributed by atoms with van der Waals surface area (Å²) in [5, 5.41) is 15.4. The SMILES string of the molecule is CCCC(CCCNc1ccc(C#N)cn1)N(C(=O)NCc1ccccc1)c1ccc(-c2ccccn2)cc1. The van der Waals surface area contributed by atoms with Crippen molar-refractivity contribution < 1.29 is 4.79 Å². The van der Waals surface area contributed by atoms with E-state index >= 15 is 0 Å². The molecule has 198 valence electrons. The first kappa shape index (κ1) is 27.3. The first-order valence-corrected chi connectivity index (χ1v) is 13.4. The van der Waals surface area contributed by atoms with E-state index in [9.17, 15) is 4.79 Å². The minimum atomic E-state index is -0.107. The Morgan fingerprint density at radius 3 is 2.41 bits per heavy atom. The molecular formula is C32H34N6O. The van der Waals surface area contributed by atoms with E-state index in [2.05, 4.69) is 33.6 Å². The highest BCUT2D eigenvalue weighted by Crippen LogP contribution is 2.26. The van der Waals surface area contributed by atoms with Crippen LogP contribution in [0.25, 0.3) is 11.3 Å². The van der Waals surface area contributed by atoms with Crippen LogP contribution in [0.3, 0.4) is 0 Å². The van der Waals surface area contributed by atoms with Gasteiger partial charge in [-0.2, -0.15) is 5.26 Å². The first-order valence-electron chi connectivity index (χ1n) is 13.4. The number of nitrogens with one attached hydrogen (secondary N) is 2. The van der Waals surface area contributed by atoms with Gasteiger partial charge in [-0.3, -0.25) is 9.88 Å². The molecule has 0 saturated heterocycles. The summed E-state index contributed by atoms with van der Waals surface area (Å²) in [4.78, 5) is 24.3. The van der Waals surface area contributed by atoms with Gasteiger partial charge in [0.25, 0.3) is 0 Å². The Hall–Kier alpha value is -4.70. The molecule has 2 amide bonds. The minimum Gasteiger partial charge on any atom is -0.370 e. The number of benzene rings is 2. The Bertz CT molecular complexity index is 1340. The number of carbonyl (C=O) groups is 1. The Kier molecular flexibility index (Phi) is 10.0. The van der Waals surface area contributed by atoms with Gasteiger partial charge in [0.1, 0.15) is 11.9 Å². The van der Waals surface area contributed by atoms with Gasteiger partial charge >= 0.3 is 6.03 Å². The summed E-state index contributed by atoms with van der Waals surface area (Å²) >= 11 is 0. The number of aromatic nitrogens is 2. The molecule has 0 radical (unpaired) electrons. The molecule has 0 fully saturated rings. The topological polar surface area (TPSA) is 93.9 Å². The summed E-state index contributed by atoms with van der Waals surface area (Å²) in [5.74, 6) is 0.739. The summed E-state index contributed by atoms with van der Waals surface area (Å²) in [6, 6.07) is 29.4. The van der Waals surface area contributed by atoms with Gasteiger partial charge in [-0.1, -0.05) is 61.9 Å². The van der Waals surface area contributed by atoms with Crippen LogP contribution in [0, 0.1) is 11.3 Å². The van der Waals surface area contributed by atoms with Gasteiger partial charge in [-0.25, -0.2) is 9.78 Å². The van der Waals surface area contributed by atoms with Crippen molar-refractivity contribution in [3.05, 3.63) is 108 Å². The van der Waals surface area contributed by atoms with E-state index in [0.29, 0.717) is 12.1 Å². The van der Waals surface area contributed by atoms with Gasteiger partial charge in [0.15, 0.2) is 0 Å². The van der Waals surface area contributed by atoms with Crippen LogP contribution in [0.15, 0.2) is 97.3 Å². The quantitative estimate of drug-likeness (QED) is 0.201. The maximum atomic E-state index is 13.7. The van der Waals surface area contributed by atoms with Gasteiger partial charge in [0.2, 0.25) is 0 Å². The van der Waals surface area contributed by atoms with Crippen LogP contribution in [0.4, 0.5) is 16.3 Å². The van der Waals surface area contributed by atoms with E-state index < -0.39 is 0 Å². The summed E-state index contributed by atoms with van der Waals surface area (Å²) in [6.07, 6.45) is 6.89. The van der Waals surface area contributed by atoms with Gasteiger partial charge < -0.3 is 10.6 Å². The number of amides is 2. The van der Waals surface area contributed by atoms with Crippen LogP contribution in [0.5, 0.6) is 0 Å². The molecule has 2 heterocycles. The molecule has 4 aromatic rings. The second-order valence-corrected chi connectivity index (χ2v) is 9.33. The third kappa shape index (κ3) is 7.89. The number of nitrogens with zero attached hydrogens (tertiary/aromatic N) is 4. The number of urea groups is 1. The highest BCUT2D eigenvalue weighted by Gasteiger charge is 2.25. The zero-order valence-electron chi connectivity index (χ0n) is 22.3. The van der Waals surface area contributed by atoms with Gasteiger partial charge in [-0.05, 0) is 61.2 Å².